The first-order valence-corrected chi connectivity index (χ1v) is 5.31. The van der Waals surface area contributed by atoms with E-state index in [-0.39, 0.29) is 11.6 Å². The van der Waals surface area contributed by atoms with Crippen LogP contribution in [-0.4, -0.2) is 11.6 Å². The number of benzene rings is 1. The third kappa shape index (κ3) is 4.87. The quantitative estimate of drug-likeness (QED) is 0.681. The van der Waals surface area contributed by atoms with Crippen molar-refractivity contribution in [3.05, 3.63) is 34.4 Å². The van der Waals surface area contributed by atoms with Crippen molar-refractivity contribution in [1.29, 1.82) is 0 Å². The smallest absolute Gasteiger partial charge is 0.195 e. The number of carbonyl (C=O) groups excluding carboxylic acids is 2. The van der Waals surface area contributed by atoms with Gasteiger partial charge >= 0.3 is 0 Å². The van der Waals surface area contributed by atoms with Gasteiger partial charge in [0, 0.05) is 13.8 Å². The van der Waals surface area contributed by atoms with Gasteiger partial charge in [0.2, 0.25) is 0 Å². The molecule has 0 aromatic heterocycles. The molecule has 0 heterocycles. The third-order valence-corrected chi connectivity index (χ3v) is 2.61. The van der Waals surface area contributed by atoms with Crippen molar-refractivity contribution < 1.29 is 9.59 Å². The van der Waals surface area contributed by atoms with E-state index in [9.17, 15) is 9.59 Å². The minimum atomic E-state index is -0.380. The molecule has 0 spiro atoms. The molecule has 1 rings (SSSR count). The van der Waals surface area contributed by atoms with Crippen molar-refractivity contribution in [2.75, 3.05) is 0 Å². The number of carbonyl (C=O) groups is 2. The fraction of sp³-hybridized carbons (Fsp3) is 0.429. The molecule has 0 amide bonds. The highest BCUT2D eigenvalue weighted by atomic mass is 16.2. The van der Waals surface area contributed by atoms with Gasteiger partial charge < -0.3 is 0 Å². The maximum Gasteiger partial charge on any atom is 0.195 e. The molecule has 0 unspecified atom stereocenters. The zero-order valence-electron chi connectivity index (χ0n) is 11.0. The van der Waals surface area contributed by atoms with Gasteiger partial charge in [0.15, 0.2) is 11.6 Å². The van der Waals surface area contributed by atoms with Crippen LogP contribution in [0.1, 0.15) is 36.1 Å². The van der Waals surface area contributed by atoms with Gasteiger partial charge in [0.05, 0.1) is 0 Å². The van der Waals surface area contributed by atoms with E-state index < -0.39 is 0 Å². The van der Waals surface area contributed by atoms with Crippen molar-refractivity contribution in [2.45, 2.75) is 41.5 Å². The summed E-state index contributed by atoms with van der Waals surface area (Å²) in [4.78, 5) is 19.6. The summed E-state index contributed by atoms with van der Waals surface area (Å²) in [5.41, 5.74) is 5.57. The molecule has 1 aromatic carbocycles. The number of hydrogen-bond acceptors (Lipinski definition) is 2. The molecule has 88 valence electrons. The second kappa shape index (κ2) is 6.21. The molecular weight excluding hydrogens is 200 g/mol. The minimum absolute atomic E-state index is 0.380. The van der Waals surface area contributed by atoms with Gasteiger partial charge in [0.1, 0.15) is 0 Å². The van der Waals surface area contributed by atoms with Crippen LogP contribution in [0.3, 0.4) is 0 Å². The Balaban J connectivity index is 0.000000325. The summed E-state index contributed by atoms with van der Waals surface area (Å²) < 4.78 is 0. The Hall–Kier alpha value is -1.44. The van der Waals surface area contributed by atoms with E-state index in [0.29, 0.717) is 0 Å². The van der Waals surface area contributed by atoms with Crippen LogP contribution in [0.5, 0.6) is 0 Å². The predicted molar refractivity (Wildman–Crippen MR) is 66.8 cm³/mol. The lowest BCUT2D eigenvalue weighted by atomic mass is 10.0. The fourth-order valence-electron chi connectivity index (χ4n) is 1.10. The maximum atomic E-state index is 9.79. The van der Waals surface area contributed by atoms with Gasteiger partial charge in [-0.2, -0.15) is 0 Å². The summed E-state index contributed by atoms with van der Waals surface area (Å²) in [6.45, 7) is 11.1. The monoisotopic (exact) mass is 220 g/mol. The van der Waals surface area contributed by atoms with E-state index in [1.807, 2.05) is 0 Å². The van der Waals surface area contributed by atoms with E-state index in [0.717, 1.165) is 0 Å². The molecule has 2 heteroatoms. The molecule has 0 aliphatic heterocycles. The van der Waals surface area contributed by atoms with E-state index in [2.05, 4.69) is 39.8 Å². The first-order chi connectivity index (χ1) is 7.25. The van der Waals surface area contributed by atoms with Crippen LogP contribution in [-0.2, 0) is 9.59 Å². The zero-order chi connectivity index (χ0) is 12.9. The van der Waals surface area contributed by atoms with Gasteiger partial charge in [-0.3, -0.25) is 9.59 Å². The lowest BCUT2D eigenvalue weighted by Gasteiger charge is -2.04. The molecule has 0 aliphatic carbocycles. The van der Waals surface area contributed by atoms with Crippen LogP contribution in [0, 0.1) is 27.7 Å². The second-order valence-corrected chi connectivity index (χ2v) is 4.13. The highest BCUT2D eigenvalue weighted by molar-refractivity contribution is 6.35. The Labute approximate surface area is 97.7 Å². The van der Waals surface area contributed by atoms with Crippen LogP contribution in [0.2, 0.25) is 0 Å². The lowest BCUT2D eigenvalue weighted by molar-refractivity contribution is -0.134. The Morgan fingerprint density at radius 1 is 0.688 bits per heavy atom. The van der Waals surface area contributed by atoms with Crippen LogP contribution in [0.15, 0.2) is 12.1 Å². The lowest BCUT2D eigenvalue weighted by Crippen LogP contribution is -2.01. The van der Waals surface area contributed by atoms with Crippen LogP contribution in [0.25, 0.3) is 0 Å². The second-order valence-electron chi connectivity index (χ2n) is 4.13. The van der Waals surface area contributed by atoms with Crippen LogP contribution in [0.4, 0.5) is 0 Å². The van der Waals surface area contributed by atoms with Crippen molar-refractivity contribution >= 4 is 11.6 Å². The van der Waals surface area contributed by atoms with Gasteiger partial charge in [-0.1, -0.05) is 12.1 Å². The van der Waals surface area contributed by atoms with E-state index in [1.54, 1.807) is 0 Å². The number of aryl methyl sites for hydroxylation is 4. The molecule has 0 fully saturated rings. The molecule has 0 saturated carbocycles. The molecule has 16 heavy (non-hydrogen) atoms. The maximum absolute atomic E-state index is 9.79. The molecule has 0 radical (unpaired) electrons. The Morgan fingerprint density at radius 3 is 1.00 bits per heavy atom. The summed E-state index contributed by atoms with van der Waals surface area (Å²) in [6, 6.07) is 4.48. The number of ketones is 2. The standard InChI is InChI=1S/C10H14.C4H6O2/c1-7-5-9(3)10(4)6-8(7)2;1-3(5)4(2)6/h5-6H,1-4H3;1-2H3. The summed E-state index contributed by atoms with van der Waals surface area (Å²) in [7, 11) is 0. The van der Waals surface area contributed by atoms with Gasteiger partial charge in [-0.25, -0.2) is 0 Å². The van der Waals surface area contributed by atoms with Gasteiger partial charge in [-0.15, -0.1) is 0 Å². The highest BCUT2D eigenvalue weighted by Gasteiger charge is 1.95. The fourth-order valence-corrected chi connectivity index (χ4v) is 1.10. The first kappa shape index (κ1) is 14.6. The Kier molecular flexibility index (Phi) is 5.65. The average Bonchev–Trinajstić information content (AvgIpc) is 2.16. The molecule has 0 saturated heterocycles. The number of Topliss-reactive ketones (excluding diaryl/α,β-unsaturated/α-hetero) is 2. The summed E-state index contributed by atoms with van der Waals surface area (Å²) >= 11 is 0. The summed E-state index contributed by atoms with van der Waals surface area (Å²) in [5.74, 6) is -0.759. The van der Waals surface area contributed by atoms with E-state index >= 15 is 0 Å². The largest absolute Gasteiger partial charge is 0.291 e. The van der Waals surface area contributed by atoms with Crippen LogP contribution < -0.4 is 0 Å². The van der Waals surface area contributed by atoms with Crippen LogP contribution >= 0.6 is 0 Å². The number of hydrogen-bond donors (Lipinski definition) is 0. The predicted octanol–water partition coefficient (Wildman–Crippen LogP) is 3.08. The first-order valence-electron chi connectivity index (χ1n) is 5.31. The minimum Gasteiger partial charge on any atom is -0.291 e. The average molecular weight is 220 g/mol. The van der Waals surface area contributed by atoms with Crippen molar-refractivity contribution in [1.82, 2.24) is 0 Å². The SMILES string of the molecule is CC(=O)C(C)=O.Cc1cc(C)c(C)cc1C. The molecule has 0 N–H and O–H groups in total. The van der Waals surface area contributed by atoms with Crippen molar-refractivity contribution in [2.24, 2.45) is 0 Å². The summed E-state index contributed by atoms with van der Waals surface area (Å²) in [5, 5.41) is 0. The van der Waals surface area contributed by atoms with Crippen molar-refractivity contribution in [3.63, 3.8) is 0 Å². The van der Waals surface area contributed by atoms with Gasteiger partial charge in [0.25, 0.3) is 0 Å². The topological polar surface area (TPSA) is 34.1 Å². The van der Waals surface area contributed by atoms with E-state index in [1.165, 1.54) is 36.1 Å². The molecule has 1 aromatic rings. The normalized spacial score (nSPS) is 9.12. The summed E-state index contributed by atoms with van der Waals surface area (Å²) in [6.07, 6.45) is 0. The Morgan fingerprint density at radius 2 is 0.875 bits per heavy atom. The third-order valence-electron chi connectivity index (χ3n) is 2.61. The Bertz CT molecular complexity index is 341. The molecule has 2 nitrogen and oxygen atoms in total. The molecule has 0 atom stereocenters. The highest BCUT2D eigenvalue weighted by Crippen LogP contribution is 2.13. The van der Waals surface area contributed by atoms with Crippen molar-refractivity contribution in [3.8, 4) is 0 Å². The molecular formula is C14H20O2. The van der Waals surface area contributed by atoms with E-state index in [4.69, 9.17) is 0 Å². The zero-order valence-corrected chi connectivity index (χ0v) is 11.0. The molecule has 0 bridgehead atoms. The van der Waals surface area contributed by atoms with Gasteiger partial charge in [-0.05, 0) is 49.9 Å². The molecule has 0 aliphatic rings. The number of rotatable bonds is 1.